The molecule has 1 aromatic heterocycles. The van der Waals surface area contributed by atoms with E-state index in [0.717, 1.165) is 15.4 Å². The molecule has 2 rings (SSSR count). The smallest absolute Gasteiger partial charge is 0.107 e. The Balaban J connectivity index is 2.20. The Morgan fingerprint density at radius 3 is 3.00 bits per heavy atom. The van der Waals surface area contributed by atoms with Crippen molar-refractivity contribution in [3.05, 3.63) is 19.8 Å². The summed E-state index contributed by atoms with van der Waals surface area (Å²) < 4.78 is 1.82. The Morgan fingerprint density at radius 2 is 2.47 bits per heavy atom. The molecule has 0 saturated carbocycles. The lowest BCUT2D eigenvalue weighted by Gasteiger charge is -2.31. The van der Waals surface area contributed by atoms with Gasteiger partial charge in [0.1, 0.15) is 4.34 Å². The van der Waals surface area contributed by atoms with Gasteiger partial charge in [-0.15, -0.1) is 11.3 Å². The van der Waals surface area contributed by atoms with E-state index in [1.54, 1.807) is 11.3 Å². The summed E-state index contributed by atoms with van der Waals surface area (Å²) in [6.45, 7) is 4.08. The average Bonchev–Trinajstić information content (AvgIpc) is 2.89. The quantitative estimate of drug-likeness (QED) is 0.898. The van der Waals surface area contributed by atoms with Crippen molar-refractivity contribution < 1.29 is 0 Å². The zero-order chi connectivity index (χ0) is 12.4. The van der Waals surface area contributed by atoms with Gasteiger partial charge in [0.2, 0.25) is 0 Å². The van der Waals surface area contributed by atoms with Gasteiger partial charge in [-0.1, -0.05) is 18.5 Å². The van der Waals surface area contributed by atoms with Crippen LogP contribution in [0, 0.1) is 0 Å². The molecule has 1 fully saturated rings. The van der Waals surface area contributed by atoms with Gasteiger partial charge in [-0.2, -0.15) is 0 Å². The van der Waals surface area contributed by atoms with Crippen molar-refractivity contribution in [1.82, 2.24) is 4.90 Å². The number of halogens is 2. The molecule has 2 atom stereocenters. The van der Waals surface area contributed by atoms with Gasteiger partial charge in [0.05, 0.1) is 6.04 Å². The number of likely N-dealkylation sites (tertiary alicyclic amines) is 1. The highest BCUT2D eigenvalue weighted by Crippen LogP contribution is 2.39. The molecule has 96 valence electrons. The van der Waals surface area contributed by atoms with Gasteiger partial charge in [0.25, 0.3) is 0 Å². The van der Waals surface area contributed by atoms with Crippen LogP contribution >= 0.6 is 38.9 Å². The van der Waals surface area contributed by atoms with E-state index in [1.165, 1.54) is 24.1 Å². The first kappa shape index (κ1) is 13.8. The maximum absolute atomic E-state index is 6.12. The van der Waals surface area contributed by atoms with Crippen molar-refractivity contribution in [3.63, 3.8) is 0 Å². The lowest BCUT2D eigenvalue weighted by Crippen LogP contribution is -2.36. The summed E-state index contributed by atoms with van der Waals surface area (Å²) in [5, 5.41) is 0. The third kappa shape index (κ3) is 2.87. The first-order chi connectivity index (χ1) is 8.17. The van der Waals surface area contributed by atoms with Crippen LogP contribution in [0.15, 0.2) is 10.5 Å². The van der Waals surface area contributed by atoms with Crippen LogP contribution in [0.4, 0.5) is 0 Å². The summed E-state index contributed by atoms with van der Waals surface area (Å²) in [4.78, 5) is 3.83. The average molecular weight is 338 g/mol. The molecule has 0 spiro atoms. The number of nitrogens with two attached hydrogens (primary N) is 1. The van der Waals surface area contributed by atoms with Crippen LogP contribution in [0.25, 0.3) is 0 Å². The van der Waals surface area contributed by atoms with Gasteiger partial charge in [-0.3, -0.25) is 4.90 Å². The summed E-state index contributed by atoms with van der Waals surface area (Å²) in [6.07, 6.45) is 3.79. The van der Waals surface area contributed by atoms with Crippen molar-refractivity contribution in [2.24, 2.45) is 5.73 Å². The first-order valence-corrected chi connectivity index (χ1v) is 8.06. The minimum atomic E-state index is 0.330. The molecule has 0 aromatic carbocycles. The number of nitrogens with zero attached hydrogens (tertiary/aromatic N) is 1. The second kappa shape index (κ2) is 6.02. The maximum atomic E-state index is 6.12. The predicted molar refractivity (Wildman–Crippen MR) is 78.8 cm³/mol. The van der Waals surface area contributed by atoms with Gasteiger partial charge in [0, 0.05) is 21.9 Å². The highest BCUT2D eigenvalue weighted by molar-refractivity contribution is 9.10. The number of rotatable bonds is 4. The summed E-state index contributed by atoms with van der Waals surface area (Å²) in [5.74, 6) is 0. The molecule has 5 heteroatoms. The minimum Gasteiger partial charge on any atom is -0.329 e. The monoisotopic (exact) mass is 336 g/mol. The molecule has 1 aliphatic heterocycles. The fraction of sp³-hybridized carbons (Fsp3) is 0.667. The zero-order valence-electron chi connectivity index (χ0n) is 9.96. The van der Waals surface area contributed by atoms with E-state index in [2.05, 4.69) is 33.8 Å². The van der Waals surface area contributed by atoms with E-state index in [9.17, 15) is 0 Å². The van der Waals surface area contributed by atoms with E-state index in [0.29, 0.717) is 18.6 Å². The maximum Gasteiger partial charge on any atom is 0.107 e. The summed E-state index contributed by atoms with van der Waals surface area (Å²) >= 11 is 11.2. The number of hydrogen-bond acceptors (Lipinski definition) is 3. The van der Waals surface area contributed by atoms with Crippen molar-refractivity contribution >= 4 is 38.9 Å². The molecule has 0 bridgehead atoms. The molecule has 2 unspecified atom stereocenters. The summed E-state index contributed by atoms with van der Waals surface area (Å²) in [6, 6.07) is 3.13. The second-order valence-corrected chi connectivity index (χ2v) is 7.00. The topological polar surface area (TPSA) is 29.3 Å². The van der Waals surface area contributed by atoms with Crippen molar-refractivity contribution in [3.8, 4) is 0 Å². The van der Waals surface area contributed by atoms with Crippen LogP contribution in [-0.4, -0.2) is 24.0 Å². The molecule has 2 N–H and O–H groups in total. The molecule has 0 aliphatic carbocycles. The molecular formula is C12H18BrClN2S. The van der Waals surface area contributed by atoms with E-state index in [-0.39, 0.29) is 0 Å². The van der Waals surface area contributed by atoms with E-state index >= 15 is 0 Å². The van der Waals surface area contributed by atoms with Crippen LogP contribution in [0.1, 0.15) is 37.1 Å². The van der Waals surface area contributed by atoms with Gasteiger partial charge < -0.3 is 5.73 Å². The van der Waals surface area contributed by atoms with Crippen LogP contribution in [0.2, 0.25) is 4.34 Å². The standard InChI is InChI=1S/C12H18BrClN2S/c1-2-8-4-3-5-16(8)10(7-15)11-6-9(13)12(14)17-11/h6,8,10H,2-5,7,15H2,1H3. The Labute approximate surface area is 120 Å². The molecular weight excluding hydrogens is 320 g/mol. The van der Waals surface area contributed by atoms with Crippen LogP contribution < -0.4 is 5.73 Å². The Kier molecular flexibility index (Phi) is 4.89. The van der Waals surface area contributed by atoms with Crippen LogP contribution in [0.3, 0.4) is 0 Å². The second-order valence-electron chi connectivity index (χ2n) is 4.46. The van der Waals surface area contributed by atoms with Crippen molar-refractivity contribution in [1.29, 1.82) is 0 Å². The van der Waals surface area contributed by atoms with Gasteiger partial charge in [-0.25, -0.2) is 0 Å². The van der Waals surface area contributed by atoms with Crippen LogP contribution in [0.5, 0.6) is 0 Å². The Morgan fingerprint density at radius 1 is 1.71 bits per heavy atom. The fourth-order valence-corrected chi connectivity index (χ4v) is 4.52. The molecule has 1 aromatic rings. The Hall–Kier alpha value is 0.390. The highest BCUT2D eigenvalue weighted by atomic mass is 79.9. The molecule has 1 aliphatic rings. The van der Waals surface area contributed by atoms with Gasteiger partial charge >= 0.3 is 0 Å². The number of thiophene rings is 1. The number of hydrogen-bond donors (Lipinski definition) is 1. The molecule has 2 heterocycles. The Bertz CT molecular complexity index is 363. The highest BCUT2D eigenvalue weighted by Gasteiger charge is 2.30. The third-order valence-electron chi connectivity index (χ3n) is 3.51. The first-order valence-electron chi connectivity index (χ1n) is 6.07. The minimum absolute atomic E-state index is 0.330. The molecule has 0 amide bonds. The lowest BCUT2D eigenvalue weighted by molar-refractivity contribution is 0.183. The van der Waals surface area contributed by atoms with E-state index in [1.807, 2.05) is 0 Å². The molecule has 0 radical (unpaired) electrons. The molecule has 2 nitrogen and oxygen atoms in total. The van der Waals surface area contributed by atoms with E-state index < -0.39 is 0 Å². The van der Waals surface area contributed by atoms with Crippen molar-refractivity contribution in [2.45, 2.75) is 38.3 Å². The van der Waals surface area contributed by atoms with Crippen molar-refractivity contribution in [2.75, 3.05) is 13.1 Å². The van der Waals surface area contributed by atoms with E-state index in [4.69, 9.17) is 17.3 Å². The largest absolute Gasteiger partial charge is 0.329 e. The van der Waals surface area contributed by atoms with Gasteiger partial charge in [0.15, 0.2) is 0 Å². The fourth-order valence-electron chi connectivity index (χ4n) is 2.65. The molecule has 1 saturated heterocycles. The predicted octanol–water partition coefficient (Wildman–Crippen LogP) is 4.04. The SMILES string of the molecule is CCC1CCCN1C(CN)c1cc(Br)c(Cl)s1. The normalized spacial score (nSPS) is 23.2. The zero-order valence-corrected chi connectivity index (χ0v) is 13.1. The summed E-state index contributed by atoms with van der Waals surface area (Å²) in [5.41, 5.74) is 5.97. The van der Waals surface area contributed by atoms with Crippen LogP contribution in [-0.2, 0) is 0 Å². The molecule has 17 heavy (non-hydrogen) atoms. The summed E-state index contributed by atoms with van der Waals surface area (Å²) in [7, 11) is 0. The third-order valence-corrected chi connectivity index (χ3v) is 6.09. The van der Waals surface area contributed by atoms with Gasteiger partial charge in [-0.05, 0) is 47.8 Å². The lowest BCUT2D eigenvalue weighted by atomic mass is 10.1.